The molecule has 2 amide bonds. The van der Waals surface area contributed by atoms with Crippen LogP contribution in [0.2, 0.25) is 0 Å². The second-order valence-corrected chi connectivity index (χ2v) is 11.4. The van der Waals surface area contributed by atoms with Gasteiger partial charge >= 0.3 is 6.03 Å². The van der Waals surface area contributed by atoms with Crippen molar-refractivity contribution < 1.29 is 14.3 Å². The third kappa shape index (κ3) is 5.90. The van der Waals surface area contributed by atoms with Crippen LogP contribution in [-0.4, -0.2) is 67.6 Å². The number of benzene rings is 1. The van der Waals surface area contributed by atoms with E-state index in [0.717, 1.165) is 58.8 Å². The van der Waals surface area contributed by atoms with Crippen molar-refractivity contribution in [3.63, 3.8) is 0 Å². The molecule has 6 heterocycles. The molecule has 14 heteroatoms. The quantitative estimate of drug-likeness (QED) is 0.205. The predicted molar refractivity (Wildman–Crippen MR) is 183 cm³/mol. The van der Waals surface area contributed by atoms with Gasteiger partial charge in [0.2, 0.25) is 0 Å². The molecular weight excluding hydrogens is 610 g/mol. The first-order chi connectivity index (χ1) is 23.4. The van der Waals surface area contributed by atoms with Crippen molar-refractivity contribution in [1.82, 2.24) is 34.3 Å². The number of aromatic nitrogens is 7. The summed E-state index contributed by atoms with van der Waals surface area (Å²) in [6, 6.07) is 14.6. The number of nitrogens with two attached hydrogens (primary N) is 1. The van der Waals surface area contributed by atoms with Gasteiger partial charge in [0.1, 0.15) is 35.3 Å². The standard InChI is InChI=1S/C34H35N11O3/c1-42-13-10-27(41-42)26-20-44(33-31(26)32(38-21-39-33)37-17-23-8-9-25(47-2)15-28(23)48-3)24-14-22(16-36-18-24)19-45(34(35)46)30-7-4-6-29(40-30)43-11-5-12-43/h4,6-10,13-16,18,20-21H,5,11-12,17,19H2,1-3H3,(H2,35,46)(H,37,38,39). The van der Waals surface area contributed by atoms with Gasteiger partial charge in [-0.25, -0.2) is 19.7 Å². The van der Waals surface area contributed by atoms with Crippen molar-refractivity contribution in [3.05, 3.63) is 90.8 Å². The number of ether oxygens (including phenoxy) is 2. The third-order valence-electron chi connectivity index (χ3n) is 8.35. The van der Waals surface area contributed by atoms with E-state index in [1.54, 1.807) is 37.4 Å². The zero-order valence-corrected chi connectivity index (χ0v) is 26.9. The van der Waals surface area contributed by atoms with Gasteiger partial charge in [0.15, 0.2) is 5.65 Å². The Labute approximate surface area is 276 Å². The summed E-state index contributed by atoms with van der Waals surface area (Å²) in [6.45, 7) is 2.52. The maximum absolute atomic E-state index is 12.7. The average Bonchev–Trinajstić information content (AvgIpc) is 3.69. The van der Waals surface area contributed by atoms with Crippen LogP contribution in [0.25, 0.3) is 28.0 Å². The SMILES string of the molecule is COc1ccc(CNc2ncnc3c2c(-c2ccn(C)n2)cn3-c2cncc(CN(C(N)=O)c3cccc(N4CCC4)n3)c2)c(OC)c1. The fraction of sp³-hybridized carbons (Fsp3) is 0.235. The van der Waals surface area contributed by atoms with Crippen LogP contribution in [0.5, 0.6) is 11.5 Å². The molecule has 7 rings (SSSR count). The highest BCUT2D eigenvalue weighted by molar-refractivity contribution is 6.01. The van der Waals surface area contributed by atoms with Crippen LogP contribution in [0.3, 0.4) is 0 Å². The summed E-state index contributed by atoms with van der Waals surface area (Å²) in [5.41, 5.74) is 10.6. The summed E-state index contributed by atoms with van der Waals surface area (Å²) in [4.78, 5) is 34.9. The van der Waals surface area contributed by atoms with Crippen molar-refractivity contribution >= 4 is 34.5 Å². The van der Waals surface area contributed by atoms with Crippen molar-refractivity contribution in [3.8, 4) is 28.4 Å². The lowest BCUT2D eigenvalue weighted by Crippen LogP contribution is -2.39. The summed E-state index contributed by atoms with van der Waals surface area (Å²) >= 11 is 0. The summed E-state index contributed by atoms with van der Waals surface area (Å²) in [7, 11) is 5.13. The first-order valence-electron chi connectivity index (χ1n) is 15.5. The summed E-state index contributed by atoms with van der Waals surface area (Å²) < 4.78 is 14.7. The van der Waals surface area contributed by atoms with Gasteiger partial charge in [-0.1, -0.05) is 6.07 Å². The molecule has 1 aliphatic heterocycles. The third-order valence-corrected chi connectivity index (χ3v) is 8.35. The largest absolute Gasteiger partial charge is 0.497 e. The smallest absolute Gasteiger partial charge is 0.320 e. The summed E-state index contributed by atoms with van der Waals surface area (Å²) in [6.07, 6.45) is 9.99. The Morgan fingerprint density at radius 3 is 2.67 bits per heavy atom. The molecule has 0 aliphatic carbocycles. The van der Waals surface area contributed by atoms with Crippen LogP contribution in [0, 0.1) is 0 Å². The number of carbonyl (C=O) groups excluding carboxylic acids is 1. The van der Waals surface area contributed by atoms with Crippen LogP contribution < -0.4 is 30.3 Å². The second kappa shape index (κ2) is 12.9. The number of hydrogen-bond acceptors (Lipinski definition) is 10. The minimum absolute atomic E-state index is 0.185. The number of aryl methyl sites for hydroxylation is 1. The zero-order valence-electron chi connectivity index (χ0n) is 26.9. The molecular formula is C34H35N11O3. The number of primary amides is 1. The van der Waals surface area contributed by atoms with Gasteiger partial charge in [0.05, 0.1) is 43.7 Å². The molecule has 3 N–H and O–H groups in total. The molecule has 1 fully saturated rings. The minimum atomic E-state index is -0.602. The van der Waals surface area contributed by atoms with E-state index in [1.807, 2.05) is 66.5 Å². The molecule has 48 heavy (non-hydrogen) atoms. The molecule has 0 saturated carbocycles. The first-order valence-corrected chi connectivity index (χ1v) is 15.5. The Morgan fingerprint density at radius 1 is 1.06 bits per heavy atom. The number of carbonyl (C=O) groups is 1. The van der Waals surface area contributed by atoms with Crippen molar-refractivity contribution in [2.24, 2.45) is 12.8 Å². The molecule has 1 saturated heterocycles. The van der Waals surface area contributed by atoms with Gasteiger partial charge < -0.3 is 25.4 Å². The lowest BCUT2D eigenvalue weighted by Gasteiger charge is -2.32. The summed E-state index contributed by atoms with van der Waals surface area (Å²) in [5.74, 6) is 3.35. The van der Waals surface area contributed by atoms with E-state index < -0.39 is 6.03 Å². The molecule has 1 aliphatic rings. The Hall–Kier alpha value is -6.18. The second-order valence-electron chi connectivity index (χ2n) is 11.4. The fourth-order valence-corrected chi connectivity index (χ4v) is 5.75. The molecule has 5 aromatic heterocycles. The van der Waals surface area contributed by atoms with Gasteiger partial charge in [0, 0.05) is 62.5 Å². The van der Waals surface area contributed by atoms with Crippen LogP contribution >= 0.6 is 0 Å². The molecule has 0 bridgehead atoms. The number of hydrogen-bond donors (Lipinski definition) is 2. The maximum atomic E-state index is 12.7. The number of fused-ring (bicyclic) bond motifs is 1. The van der Waals surface area contributed by atoms with E-state index in [0.29, 0.717) is 35.3 Å². The molecule has 244 valence electrons. The van der Waals surface area contributed by atoms with Crippen molar-refractivity contribution in [1.29, 1.82) is 0 Å². The number of methoxy groups -OCH3 is 2. The van der Waals surface area contributed by atoms with Gasteiger partial charge in [-0.05, 0) is 48.4 Å². The molecule has 14 nitrogen and oxygen atoms in total. The highest BCUT2D eigenvalue weighted by Crippen LogP contribution is 2.35. The van der Waals surface area contributed by atoms with Crippen LogP contribution in [-0.2, 0) is 20.1 Å². The molecule has 0 unspecified atom stereocenters. The van der Waals surface area contributed by atoms with Gasteiger partial charge in [0.25, 0.3) is 0 Å². The van der Waals surface area contributed by atoms with Crippen LogP contribution in [0.15, 0.2) is 79.6 Å². The number of pyridine rings is 2. The number of urea groups is 1. The number of amides is 2. The molecule has 0 radical (unpaired) electrons. The van der Waals surface area contributed by atoms with E-state index in [1.165, 1.54) is 11.2 Å². The van der Waals surface area contributed by atoms with E-state index in [4.69, 9.17) is 25.2 Å². The van der Waals surface area contributed by atoms with Crippen LogP contribution in [0.4, 0.5) is 22.2 Å². The molecule has 6 aromatic rings. The predicted octanol–water partition coefficient (Wildman–Crippen LogP) is 4.54. The normalized spacial score (nSPS) is 12.5. The van der Waals surface area contributed by atoms with E-state index in [9.17, 15) is 4.79 Å². The van der Waals surface area contributed by atoms with Gasteiger partial charge in [-0.3, -0.25) is 19.1 Å². The number of anilines is 3. The van der Waals surface area contributed by atoms with Crippen molar-refractivity contribution in [2.45, 2.75) is 19.5 Å². The molecule has 0 atom stereocenters. The van der Waals surface area contributed by atoms with E-state index >= 15 is 0 Å². The molecule has 1 aromatic carbocycles. The lowest BCUT2D eigenvalue weighted by atomic mass is 10.1. The number of nitrogens with zero attached hydrogens (tertiary/aromatic N) is 9. The van der Waals surface area contributed by atoms with Crippen LogP contribution in [0.1, 0.15) is 17.5 Å². The number of nitrogens with one attached hydrogen (secondary N) is 1. The Balaban J connectivity index is 1.25. The molecule has 0 spiro atoms. The van der Waals surface area contributed by atoms with Gasteiger partial charge in [-0.2, -0.15) is 5.10 Å². The highest BCUT2D eigenvalue weighted by Gasteiger charge is 2.22. The maximum Gasteiger partial charge on any atom is 0.320 e. The zero-order chi connectivity index (χ0) is 33.2. The monoisotopic (exact) mass is 645 g/mol. The number of rotatable bonds is 11. The van der Waals surface area contributed by atoms with Gasteiger partial charge in [-0.15, -0.1) is 0 Å². The average molecular weight is 646 g/mol. The minimum Gasteiger partial charge on any atom is -0.497 e. The summed E-state index contributed by atoms with van der Waals surface area (Å²) in [5, 5.41) is 8.96. The van der Waals surface area contributed by atoms with E-state index in [2.05, 4.69) is 25.3 Å². The Morgan fingerprint density at radius 2 is 1.94 bits per heavy atom. The van der Waals surface area contributed by atoms with E-state index in [-0.39, 0.29) is 6.54 Å². The Kier molecular flexibility index (Phi) is 8.19. The Bertz CT molecular complexity index is 2100. The van der Waals surface area contributed by atoms with Crippen molar-refractivity contribution in [2.75, 3.05) is 42.4 Å². The fourth-order valence-electron chi connectivity index (χ4n) is 5.75. The highest BCUT2D eigenvalue weighted by atomic mass is 16.5. The first kappa shape index (κ1) is 30.5. The lowest BCUT2D eigenvalue weighted by molar-refractivity contribution is 0.253. The topological polar surface area (TPSA) is 154 Å².